The fourth-order valence-electron chi connectivity index (χ4n) is 1.15. The van der Waals surface area contributed by atoms with Crippen molar-refractivity contribution in [2.45, 2.75) is 5.75 Å². The third kappa shape index (κ3) is 1.39. The minimum atomic E-state index is 0.645. The Labute approximate surface area is 84.3 Å². The third-order valence-corrected chi connectivity index (χ3v) is 2.49. The molecule has 2 aromatic rings. The first-order valence-corrected chi connectivity index (χ1v) is 5.01. The maximum atomic E-state index is 5.47. The molecule has 0 bridgehead atoms. The average Bonchev–Trinajstić information content (AvgIpc) is 2.46. The molecule has 0 aliphatic heterocycles. The summed E-state index contributed by atoms with van der Waals surface area (Å²) in [5, 5.41) is 1.12. The number of rotatable bonds is 1. The van der Waals surface area contributed by atoms with E-state index in [0.717, 1.165) is 21.2 Å². The number of halogens is 1. The van der Waals surface area contributed by atoms with Crippen molar-refractivity contribution in [1.82, 2.24) is 0 Å². The number of furan rings is 1. The number of benzene rings is 1. The SMILES string of the molecule is SCc1cc2cc(Br)ccc2o1. The third-order valence-electron chi connectivity index (χ3n) is 1.69. The molecule has 0 N–H and O–H groups in total. The van der Waals surface area contributed by atoms with Crippen molar-refractivity contribution in [3.8, 4) is 0 Å². The van der Waals surface area contributed by atoms with E-state index in [9.17, 15) is 0 Å². The van der Waals surface area contributed by atoms with Gasteiger partial charge in [0.15, 0.2) is 0 Å². The van der Waals surface area contributed by atoms with Gasteiger partial charge < -0.3 is 4.42 Å². The smallest absolute Gasteiger partial charge is 0.134 e. The lowest BCUT2D eigenvalue weighted by atomic mass is 10.2. The summed E-state index contributed by atoms with van der Waals surface area (Å²) in [4.78, 5) is 0. The number of hydrogen-bond donors (Lipinski definition) is 1. The molecule has 0 aliphatic rings. The van der Waals surface area contributed by atoms with E-state index in [1.54, 1.807) is 0 Å². The van der Waals surface area contributed by atoms with E-state index in [1.807, 2.05) is 24.3 Å². The van der Waals surface area contributed by atoms with E-state index in [-0.39, 0.29) is 0 Å². The van der Waals surface area contributed by atoms with Gasteiger partial charge >= 0.3 is 0 Å². The van der Waals surface area contributed by atoms with Gasteiger partial charge in [-0.25, -0.2) is 0 Å². The van der Waals surface area contributed by atoms with Crippen molar-refractivity contribution in [3.63, 3.8) is 0 Å². The highest BCUT2D eigenvalue weighted by atomic mass is 79.9. The molecule has 0 unspecified atom stereocenters. The number of fused-ring (bicyclic) bond motifs is 1. The highest BCUT2D eigenvalue weighted by molar-refractivity contribution is 9.10. The molecule has 0 saturated heterocycles. The lowest BCUT2D eigenvalue weighted by Gasteiger charge is -1.87. The molecule has 3 heteroatoms. The highest BCUT2D eigenvalue weighted by Gasteiger charge is 2.01. The Balaban J connectivity index is 2.67. The molecule has 0 saturated carbocycles. The maximum Gasteiger partial charge on any atom is 0.134 e. The molecule has 62 valence electrons. The zero-order chi connectivity index (χ0) is 8.55. The van der Waals surface area contributed by atoms with Gasteiger partial charge in [-0.3, -0.25) is 0 Å². The van der Waals surface area contributed by atoms with Gasteiger partial charge in [-0.2, -0.15) is 12.6 Å². The van der Waals surface area contributed by atoms with Crippen LogP contribution < -0.4 is 0 Å². The summed E-state index contributed by atoms with van der Waals surface area (Å²) in [7, 11) is 0. The van der Waals surface area contributed by atoms with E-state index in [1.165, 1.54) is 0 Å². The highest BCUT2D eigenvalue weighted by Crippen LogP contribution is 2.23. The van der Waals surface area contributed by atoms with Crippen LogP contribution in [-0.2, 0) is 5.75 Å². The van der Waals surface area contributed by atoms with Crippen LogP contribution in [0, 0.1) is 0 Å². The Kier molecular flexibility index (Phi) is 2.15. The quantitative estimate of drug-likeness (QED) is 0.755. The summed E-state index contributed by atoms with van der Waals surface area (Å²) in [5.41, 5.74) is 0.919. The summed E-state index contributed by atoms with van der Waals surface area (Å²) in [6.07, 6.45) is 0. The molecule has 0 spiro atoms. The van der Waals surface area contributed by atoms with E-state index in [4.69, 9.17) is 4.42 Å². The zero-order valence-electron chi connectivity index (χ0n) is 6.25. The standard InChI is InChI=1S/C9H7BrOS/c10-7-1-2-9-6(3-7)4-8(5-12)11-9/h1-4,12H,5H2. The molecule has 2 rings (SSSR count). The van der Waals surface area contributed by atoms with Crippen molar-refractivity contribution < 1.29 is 4.42 Å². The van der Waals surface area contributed by atoms with Crippen LogP contribution in [0.4, 0.5) is 0 Å². The van der Waals surface area contributed by atoms with E-state index in [0.29, 0.717) is 5.75 Å². The van der Waals surface area contributed by atoms with Gasteiger partial charge in [-0.1, -0.05) is 15.9 Å². The summed E-state index contributed by atoms with van der Waals surface area (Å²) in [6, 6.07) is 7.96. The Morgan fingerprint density at radius 2 is 2.17 bits per heavy atom. The maximum absolute atomic E-state index is 5.47. The van der Waals surface area contributed by atoms with Crippen LogP contribution in [0.5, 0.6) is 0 Å². The topological polar surface area (TPSA) is 13.1 Å². The Hall–Kier alpha value is -0.410. The average molecular weight is 243 g/mol. The summed E-state index contributed by atoms with van der Waals surface area (Å²) in [5.74, 6) is 1.55. The van der Waals surface area contributed by atoms with Crippen molar-refractivity contribution in [3.05, 3.63) is 34.5 Å². The first-order valence-electron chi connectivity index (χ1n) is 3.58. The molecule has 0 aliphatic carbocycles. The second-order valence-corrected chi connectivity index (χ2v) is 3.78. The molecular weight excluding hydrogens is 236 g/mol. The molecular formula is C9H7BrOS. The van der Waals surface area contributed by atoms with Crippen LogP contribution in [0.15, 0.2) is 33.2 Å². The lowest BCUT2D eigenvalue weighted by molar-refractivity contribution is 0.574. The predicted molar refractivity (Wildman–Crippen MR) is 56.6 cm³/mol. The molecule has 1 nitrogen and oxygen atoms in total. The van der Waals surface area contributed by atoms with Crippen molar-refractivity contribution in [1.29, 1.82) is 0 Å². The minimum absolute atomic E-state index is 0.645. The van der Waals surface area contributed by atoms with Gasteiger partial charge in [0.05, 0.1) is 0 Å². The monoisotopic (exact) mass is 242 g/mol. The molecule has 1 heterocycles. The Bertz CT molecular complexity index is 408. The lowest BCUT2D eigenvalue weighted by Crippen LogP contribution is -1.63. The fourth-order valence-corrected chi connectivity index (χ4v) is 1.68. The van der Waals surface area contributed by atoms with Gasteiger partial charge in [-0.15, -0.1) is 0 Å². The van der Waals surface area contributed by atoms with Crippen LogP contribution in [0.25, 0.3) is 11.0 Å². The van der Waals surface area contributed by atoms with Crippen LogP contribution in [0.2, 0.25) is 0 Å². The largest absolute Gasteiger partial charge is 0.460 e. The van der Waals surface area contributed by atoms with Crippen molar-refractivity contribution in [2.75, 3.05) is 0 Å². The Morgan fingerprint density at radius 1 is 1.33 bits per heavy atom. The normalized spacial score (nSPS) is 10.8. The van der Waals surface area contributed by atoms with Crippen molar-refractivity contribution in [2.24, 2.45) is 0 Å². The molecule has 1 aromatic carbocycles. The van der Waals surface area contributed by atoms with E-state index >= 15 is 0 Å². The summed E-state index contributed by atoms with van der Waals surface area (Å²) >= 11 is 7.54. The van der Waals surface area contributed by atoms with Gasteiger partial charge in [0.1, 0.15) is 11.3 Å². The van der Waals surface area contributed by atoms with Crippen LogP contribution in [0.3, 0.4) is 0 Å². The minimum Gasteiger partial charge on any atom is -0.460 e. The van der Waals surface area contributed by atoms with Crippen LogP contribution >= 0.6 is 28.6 Å². The molecule has 12 heavy (non-hydrogen) atoms. The first-order chi connectivity index (χ1) is 5.79. The molecule has 0 radical (unpaired) electrons. The van der Waals surface area contributed by atoms with E-state index < -0.39 is 0 Å². The van der Waals surface area contributed by atoms with Crippen molar-refractivity contribution >= 4 is 39.5 Å². The fraction of sp³-hybridized carbons (Fsp3) is 0.111. The first kappa shape index (κ1) is 8.20. The van der Waals surface area contributed by atoms with Gasteiger partial charge in [-0.05, 0) is 24.3 Å². The van der Waals surface area contributed by atoms with Gasteiger partial charge in [0, 0.05) is 15.6 Å². The molecule has 0 amide bonds. The number of hydrogen-bond acceptors (Lipinski definition) is 2. The van der Waals surface area contributed by atoms with Gasteiger partial charge in [0.25, 0.3) is 0 Å². The second kappa shape index (κ2) is 3.15. The predicted octanol–water partition coefficient (Wildman–Crippen LogP) is 3.63. The molecule has 1 aromatic heterocycles. The summed E-state index contributed by atoms with van der Waals surface area (Å²) < 4.78 is 6.55. The number of thiol groups is 1. The Morgan fingerprint density at radius 3 is 2.92 bits per heavy atom. The summed E-state index contributed by atoms with van der Waals surface area (Å²) in [6.45, 7) is 0. The second-order valence-electron chi connectivity index (χ2n) is 2.55. The molecule has 0 fully saturated rings. The zero-order valence-corrected chi connectivity index (χ0v) is 8.73. The van der Waals surface area contributed by atoms with Crippen LogP contribution in [0.1, 0.15) is 5.76 Å². The van der Waals surface area contributed by atoms with E-state index in [2.05, 4.69) is 28.6 Å². The van der Waals surface area contributed by atoms with Crippen LogP contribution in [-0.4, -0.2) is 0 Å². The van der Waals surface area contributed by atoms with Gasteiger partial charge in [0.2, 0.25) is 0 Å². The molecule has 0 atom stereocenters.